The molecule has 7 heteroatoms. The molecule has 0 aromatic rings. The van der Waals surface area contributed by atoms with E-state index in [0.29, 0.717) is 13.0 Å². The van der Waals surface area contributed by atoms with Crippen molar-refractivity contribution >= 4 is 5.97 Å². The first-order chi connectivity index (χ1) is 16.7. The number of rotatable bonds is 16. The van der Waals surface area contributed by atoms with Gasteiger partial charge in [0, 0.05) is 6.42 Å². The van der Waals surface area contributed by atoms with Crippen LogP contribution in [0.5, 0.6) is 0 Å². The van der Waals surface area contributed by atoms with Crippen LogP contribution in [0.2, 0.25) is 0 Å². The Morgan fingerprint density at radius 2 is 1.31 bits per heavy atom. The van der Waals surface area contributed by atoms with Crippen molar-refractivity contribution in [2.75, 3.05) is 6.61 Å². The van der Waals surface area contributed by atoms with E-state index in [2.05, 4.69) is 6.92 Å². The highest BCUT2D eigenvalue weighted by Crippen LogP contribution is 2.42. The van der Waals surface area contributed by atoms with Crippen LogP contribution in [0.4, 0.5) is 0 Å². The van der Waals surface area contributed by atoms with Crippen molar-refractivity contribution < 1.29 is 33.2 Å². The topological polar surface area (TPSA) is 72.5 Å². The molecule has 7 nitrogen and oxygen atoms in total. The molecule has 0 radical (unpaired) electrons. The number of unbranched alkanes of at least 4 members (excludes halogenated alkanes) is 12. The zero-order chi connectivity index (χ0) is 25.3. The predicted octanol–water partition coefficient (Wildman–Crippen LogP) is 6.41. The zero-order valence-corrected chi connectivity index (χ0v) is 22.9. The largest absolute Gasteiger partial charge is 0.456 e. The SMILES string of the molecule is CCCCCCCCCCCCCCCC(=O)O[C@@H]1[C@H]2OC(C)(C)O[C@H]2O[C@@H]1[C@H]1COC(C)(C)O1. The Morgan fingerprint density at radius 1 is 0.743 bits per heavy atom. The van der Waals surface area contributed by atoms with E-state index in [0.717, 1.165) is 12.8 Å². The van der Waals surface area contributed by atoms with Gasteiger partial charge in [0.25, 0.3) is 0 Å². The average Bonchev–Trinajstić information content (AvgIpc) is 3.40. The lowest BCUT2D eigenvalue weighted by Crippen LogP contribution is -2.45. The van der Waals surface area contributed by atoms with Crippen LogP contribution in [0, 0.1) is 0 Å². The Balaban J connectivity index is 1.30. The molecule has 3 heterocycles. The Hall–Kier alpha value is -0.730. The Labute approximate surface area is 212 Å². The van der Waals surface area contributed by atoms with Crippen LogP contribution in [0.3, 0.4) is 0 Å². The predicted molar refractivity (Wildman–Crippen MR) is 134 cm³/mol. The van der Waals surface area contributed by atoms with Gasteiger partial charge in [-0.3, -0.25) is 4.79 Å². The molecular weight excluding hydrogens is 448 g/mol. The summed E-state index contributed by atoms with van der Waals surface area (Å²) < 4.78 is 35.6. The maximum Gasteiger partial charge on any atom is 0.306 e. The Kier molecular flexibility index (Phi) is 11.3. The highest BCUT2D eigenvalue weighted by Gasteiger charge is 2.59. The summed E-state index contributed by atoms with van der Waals surface area (Å²) in [6.07, 6.45) is 14.6. The molecule has 0 amide bonds. The number of hydrogen-bond acceptors (Lipinski definition) is 7. The van der Waals surface area contributed by atoms with Gasteiger partial charge in [-0.15, -0.1) is 0 Å². The van der Waals surface area contributed by atoms with Gasteiger partial charge in [0.2, 0.25) is 0 Å². The molecule has 0 N–H and O–H groups in total. The molecule has 3 fully saturated rings. The van der Waals surface area contributed by atoms with E-state index >= 15 is 0 Å². The molecule has 3 rings (SSSR count). The van der Waals surface area contributed by atoms with Crippen LogP contribution in [0.1, 0.15) is 125 Å². The minimum absolute atomic E-state index is 0.209. The molecule has 3 aliphatic rings. The minimum Gasteiger partial charge on any atom is -0.456 e. The molecule has 0 aromatic carbocycles. The third-order valence-corrected chi connectivity index (χ3v) is 7.18. The average molecular weight is 499 g/mol. The fraction of sp³-hybridized carbons (Fsp3) is 0.964. The Morgan fingerprint density at radius 3 is 1.86 bits per heavy atom. The molecule has 3 saturated heterocycles. The summed E-state index contributed by atoms with van der Waals surface area (Å²) in [5.41, 5.74) is 0. The monoisotopic (exact) mass is 498 g/mol. The van der Waals surface area contributed by atoms with E-state index in [1.165, 1.54) is 70.6 Å². The van der Waals surface area contributed by atoms with Crippen LogP contribution >= 0.6 is 0 Å². The van der Waals surface area contributed by atoms with Crippen molar-refractivity contribution in [3.8, 4) is 0 Å². The van der Waals surface area contributed by atoms with Crippen molar-refractivity contribution in [1.29, 1.82) is 0 Å². The van der Waals surface area contributed by atoms with Crippen LogP contribution in [0.15, 0.2) is 0 Å². The lowest BCUT2D eigenvalue weighted by molar-refractivity contribution is -0.235. The molecule has 0 bridgehead atoms. The first kappa shape index (κ1) is 28.8. The second-order valence-corrected chi connectivity index (χ2v) is 11.4. The smallest absolute Gasteiger partial charge is 0.306 e. The third-order valence-electron chi connectivity index (χ3n) is 7.18. The number of esters is 1. The minimum atomic E-state index is -0.772. The van der Waals surface area contributed by atoms with E-state index in [1.54, 1.807) is 0 Å². The van der Waals surface area contributed by atoms with Crippen molar-refractivity contribution in [1.82, 2.24) is 0 Å². The molecule has 0 aliphatic carbocycles. The second-order valence-electron chi connectivity index (χ2n) is 11.4. The molecular formula is C28H50O7. The number of carbonyl (C=O) groups excluding carboxylic acids is 1. The summed E-state index contributed by atoms with van der Waals surface area (Å²) in [6.45, 7) is 10.1. The van der Waals surface area contributed by atoms with Gasteiger partial charge in [0.1, 0.15) is 12.2 Å². The summed E-state index contributed by atoms with van der Waals surface area (Å²) in [6, 6.07) is 0. The summed E-state index contributed by atoms with van der Waals surface area (Å²) in [5.74, 6) is -1.67. The zero-order valence-electron chi connectivity index (χ0n) is 22.9. The van der Waals surface area contributed by atoms with Crippen LogP contribution < -0.4 is 0 Å². The quantitative estimate of drug-likeness (QED) is 0.180. The molecule has 3 aliphatic heterocycles. The maximum absolute atomic E-state index is 12.7. The molecule has 35 heavy (non-hydrogen) atoms. The van der Waals surface area contributed by atoms with Crippen molar-refractivity contribution in [2.45, 2.75) is 167 Å². The van der Waals surface area contributed by atoms with Gasteiger partial charge in [-0.25, -0.2) is 0 Å². The molecule has 0 saturated carbocycles. The van der Waals surface area contributed by atoms with Gasteiger partial charge < -0.3 is 28.4 Å². The number of hydrogen-bond donors (Lipinski definition) is 0. The standard InChI is InChI=1S/C28H50O7/c1-6-7-8-9-10-11-12-13-14-15-16-17-18-19-22(29)31-24-23(21-20-30-27(2,3)33-21)32-26-25(24)34-28(4,5)35-26/h21,23-26H,6-20H2,1-5H3/t21-,23-,24+,25-,26-/m1/s1. The van der Waals surface area contributed by atoms with Gasteiger partial charge in [0.05, 0.1) is 6.61 Å². The molecule has 0 unspecified atom stereocenters. The van der Waals surface area contributed by atoms with Gasteiger partial charge in [-0.05, 0) is 34.1 Å². The highest BCUT2D eigenvalue weighted by atomic mass is 16.8. The van der Waals surface area contributed by atoms with E-state index in [-0.39, 0.29) is 12.1 Å². The van der Waals surface area contributed by atoms with Gasteiger partial charge in [-0.2, -0.15) is 0 Å². The van der Waals surface area contributed by atoms with Crippen LogP contribution in [-0.2, 0) is 33.2 Å². The van der Waals surface area contributed by atoms with Gasteiger partial charge >= 0.3 is 5.97 Å². The summed E-state index contributed by atoms with van der Waals surface area (Å²) in [4.78, 5) is 12.7. The number of fused-ring (bicyclic) bond motifs is 1. The summed E-state index contributed by atoms with van der Waals surface area (Å²) in [5, 5.41) is 0. The fourth-order valence-corrected chi connectivity index (χ4v) is 5.31. The van der Waals surface area contributed by atoms with E-state index < -0.39 is 36.2 Å². The van der Waals surface area contributed by atoms with Gasteiger partial charge in [-0.1, -0.05) is 84.0 Å². The van der Waals surface area contributed by atoms with Gasteiger partial charge in [0.15, 0.2) is 30.1 Å². The summed E-state index contributed by atoms with van der Waals surface area (Å²) >= 11 is 0. The van der Waals surface area contributed by atoms with Crippen LogP contribution in [0.25, 0.3) is 0 Å². The Bertz CT molecular complexity index is 635. The molecule has 0 aromatic heterocycles. The molecule has 204 valence electrons. The van der Waals surface area contributed by atoms with Crippen LogP contribution in [-0.4, -0.2) is 54.9 Å². The van der Waals surface area contributed by atoms with Crippen molar-refractivity contribution in [3.63, 3.8) is 0 Å². The lowest BCUT2D eigenvalue weighted by atomic mass is 10.0. The summed E-state index contributed by atoms with van der Waals surface area (Å²) in [7, 11) is 0. The first-order valence-corrected chi connectivity index (χ1v) is 14.2. The van der Waals surface area contributed by atoms with Crippen molar-refractivity contribution in [2.24, 2.45) is 0 Å². The number of ether oxygens (including phenoxy) is 6. The maximum atomic E-state index is 12.7. The van der Waals surface area contributed by atoms with E-state index in [9.17, 15) is 4.79 Å². The normalized spacial score (nSPS) is 31.1. The highest BCUT2D eigenvalue weighted by molar-refractivity contribution is 5.69. The van der Waals surface area contributed by atoms with E-state index in [1.807, 2.05) is 27.7 Å². The van der Waals surface area contributed by atoms with E-state index in [4.69, 9.17) is 28.4 Å². The third kappa shape index (κ3) is 9.26. The molecule has 0 spiro atoms. The fourth-order valence-electron chi connectivity index (χ4n) is 5.31. The lowest BCUT2D eigenvalue weighted by Gasteiger charge is -2.28. The second kappa shape index (κ2) is 13.7. The molecule has 5 atom stereocenters. The van der Waals surface area contributed by atoms with Crippen molar-refractivity contribution in [3.05, 3.63) is 0 Å². The first-order valence-electron chi connectivity index (χ1n) is 14.2. The number of carbonyl (C=O) groups is 1.